The predicted molar refractivity (Wildman–Crippen MR) is 104 cm³/mol. The summed E-state index contributed by atoms with van der Waals surface area (Å²) in [6.07, 6.45) is 5.64. The molecule has 0 bridgehead atoms. The Hall–Kier alpha value is -2.55. The van der Waals surface area contributed by atoms with E-state index in [1.54, 1.807) is 0 Å². The Bertz CT molecular complexity index is 694. The van der Waals surface area contributed by atoms with Crippen LogP contribution < -0.4 is 0 Å². The van der Waals surface area contributed by atoms with E-state index in [9.17, 15) is 24.0 Å². The van der Waals surface area contributed by atoms with Gasteiger partial charge in [-0.25, -0.2) is 0 Å². The van der Waals surface area contributed by atoms with Gasteiger partial charge in [0.2, 0.25) is 18.2 Å². The van der Waals surface area contributed by atoms with Crippen molar-refractivity contribution in [2.24, 2.45) is 11.8 Å². The van der Waals surface area contributed by atoms with Gasteiger partial charge in [-0.05, 0) is 38.2 Å². The van der Waals surface area contributed by atoms with E-state index < -0.39 is 5.91 Å². The van der Waals surface area contributed by atoms with Crippen LogP contribution in [0.2, 0.25) is 0 Å². The van der Waals surface area contributed by atoms with Crippen LogP contribution in [0.15, 0.2) is 12.7 Å². The highest BCUT2D eigenvalue weighted by Crippen LogP contribution is 2.46. The van der Waals surface area contributed by atoms with Crippen LogP contribution >= 0.6 is 0 Å². The van der Waals surface area contributed by atoms with Crippen molar-refractivity contribution < 1.29 is 33.4 Å². The van der Waals surface area contributed by atoms with Crippen LogP contribution in [-0.4, -0.2) is 71.8 Å². The van der Waals surface area contributed by atoms with Gasteiger partial charge < -0.3 is 9.47 Å². The molecule has 3 rings (SSSR count). The van der Waals surface area contributed by atoms with Gasteiger partial charge in [0.15, 0.2) is 0 Å². The van der Waals surface area contributed by atoms with Gasteiger partial charge in [-0.15, -0.1) is 0 Å². The van der Waals surface area contributed by atoms with E-state index in [1.807, 2.05) is 0 Å². The lowest BCUT2D eigenvalue weighted by atomic mass is 9.81. The Morgan fingerprint density at radius 2 is 1.77 bits per heavy atom. The third kappa shape index (κ3) is 5.13. The first-order chi connectivity index (χ1) is 14.5. The lowest BCUT2D eigenvalue weighted by Crippen LogP contribution is -2.32. The molecule has 2 saturated heterocycles. The summed E-state index contributed by atoms with van der Waals surface area (Å²) in [5, 5.41) is 0. The van der Waals surface area contributed by atoms with E-state index in [0.717, 1.165) is 11.0 Å². The fourth-order valence-corrected chi connectivity index (χ4v) is 4.24. The number of carbonyl (C=O) groups is 5. The number of amides is 4. The lowest BCUT2D eigenvalue weighted by Gasteiger charge is -2.16. The van der Waals surface area contributed by atoms with Gasteiger partial charge in [-0.3, -0.25) is 33.8 Å². The molecular weight excluding hydrogens is 392 g/mol. The molecule has 3 unspecified atom stereocenters. The van der Waals surface area contributed by atoms with Crippen molar-refractivity contribution in [2.45, 2.75) is 57.2 Å². The second-order valence-corrected chi connectivity index (χ2v) is 7.95. The van der Waals surface area contributed by atoms with Gasteiger partial charge in [0, 0.05) is 19.5 Å². The molecular formula is C21H28N2O7. The number of ether oxygens (including phenoxy) is 2. The third-order valence-electron chi connectivity index (χ3n) is 5.97. The highest BCUT2D eigenvalue weighted by atomic mass is 16.6. The van der Waals surface area contributed by atoms with E-state index in [2.05, 4.69) is 6.58 Å². The summed E-state index contributed by atoms with van der Waals surface area (Å²) >= 11 is 0. The van der Waals surface area contributed by atoms with E-state index >= 15 is 0 Å². The largest absolute Gasteiger partial charge is 0.466 e. The molecule has 1 saturated carbocycles. The Kier molecular flexibility index (Phi) is 7.36. The summed E-state index contributed by atoms with van der Waals surface area (Å²) in [7, 11) is 0. The first kappa shape index (κ1) is 22.1. The molecule has 4 atom stereocenters. The molecule has 4 amide bonds. The van der Waals surface area contributed by atoms with Gasteiger partial charge in [-0.1, -0.05) is 13.0 Å². The van der Waals surface area contributed by atoms with Crippen molar-refractivity contribution in [1.29, 1.82) is 0 Å². The zero-order valence-corrected chi connectivity index (χ0v) is 17.0. The molecule has 0 aromatic carbocycles. The molecule has 3 aliphatic rings. The molecule has 2 heterocycles. The molecule has 1 aliphatic carbocycles. The molecule has 164 valence electrons. The Labute approximate surface area is 175 Å². The molecule has 30 heavy (non-hydrogen) atoms. The van der Waals surface area contributed by atoms with E-state index in [-0.39, 0.29) is 67.9 Å². The number of rotatable bonds is 12. The monoisotopic (exact) mass is 420 g/mol. The fraction of sp³-hybridized carbons (Fsp3) is 0.667. The van der Waals surface area contributed by atoms with Crippen LogP contribution in [0.25, 0.3) is 0 Å². The number of hydrogen-bond donors (Lipinski definition) is 0. The van der Waals surface area contributed by atoms with Crippen LogP contribution in [0.1, 0.15) is 44.9 Å². The Balaban J connectivity index is 1.25. The average Bonchev–Trinajstić information content (AvgIpc) is 3.48. The van der Waals surface area contributed by atoms with E-state index in [0.29, 0.717) is 44.9 Å². The minimum Gasteiger partial charge on any atom is -0.466 e. The zero-order valence-electron chi connectivity index (χ0n) is 17.0. The van der Waals surface area contributed by atoms with Crippen molar-refractivity contribution in [2.75, 3.05) is 19.7 Å². The topological polar surface area (TPSA) is 114 Å². The van der Waals surface area contributed by atoms with Gasteiger partial charge in [0.25, 0.3) is 5.91 Å². The minimum absolute atomic E-state index is 0.121. The maximum atomic E-state index is 12.5. The molecule has 0 spiro atoms. The number of unbranched alkanes of at least 4 members (excludes halogenated alkanes) is 2. The maximum absolute atomic E-state index is 12.5. The predicted octanol–water partition coefficient (Wildman–Crippen LogP) is 0.814. The number of carbonyl (C=O) groups excluding carboxylic acids is 5. The second kappa shape index (κ2) is 9.97. The summed E-state index contributed by atoms with van der Waals surface area (Å²) in [6, 6.07) is 0. The minimum atomic E-state index is -0.441. The standard InChI is InChI=1S/C21H28N2O7/c1-2-18(25)22(13-24)8-5-3-4-7-19(26)29-10-6-9-23-20(27)14-11-16-17(30-16)12-15(14)21(23)28/h2,13-17H,1,3-12H2/t14-,15?,16?,17?/m0/s1. The Morgan fingerprint density at radius 1 is 1.10 bits per heavy atom. The summed E-state index contributed by atoms with van der Waals surface area (Å²) in [5.41, 5.74) is 0. The lowest BCUT2D eigenvalue weighted by molar-refractivity contribution is -0.144. The second-order valence-electron chi connectivity index (χ2n) is 7.95. The van der Waals surface area contributed by atoms with Crippen molar-refractivity contribution >= 4 is 30.1 Å². The molecule has 0 aromatic rings. The fourth-order valence-electron chi connectivity index (χ4n) is 4.24. The molecule has 0 aromatic heterocycles. The number of hydrogen-bond acceptors (Lipinski definition) is 7. The van der Waals surface area contributed by atoms with Crippen molar-refractivity contribution in [1.82, 2.24) is 9.80 Å². The Morgan fingerprint density at radius 3 is 2.37 bits per heavy atom. The normalized spacial score (nSPS) is 26.6. The number of esters is 1. The van der Waals surface area contributed by atoms with E-state index in [1.165, 1.54) is 4.90 Å². The summed E-state index contributed by atoms with van der Waals surface area (Å²) < 4.78 is 10.6. The zero-order chi connectivity index (χ0) is 21.7. The van der Waals surface area contributed by atoms with Crippen LogP contribution in [0.4, 0.5) is 0 Å². The number of imide groups is 2. The molecule has 0 N–H and O–H groups in total. The number of nitrogens with zero attached hydrogens (tertiary/aromatic N) is 2. The first-order valence-corrected chi connectivity index (χ1v) is 10.5. The molecule has 3 fully saturated rings. The van der Waals surface area contributed by atoms with Gasteiger partial charge in [-0.2, -0.15) is 0 Å². The maximum Gasteiger partial charge on any atom is 0.305 e. The number of likely N-dealkylation sites (tertiary alicyclic amines) is 1. The van der Waals surface area contributed by atoms with Crippen LogP contribution in [-0.2, 0) is 33.4 Å². The van der Waals surface area contributed by atoms with Gasteiger partial charge >= 0.3 is 5.97 Å². The van der Waals surface area contributed by atoms with Gasteiger partial charge in [0.1, 0.15) is 0 Å². The summed E-state index contributed by atoms with van der Waals surface area (Å²) in [6.45, 7) is 4.05. The highest BCUT2D eigenvalue weighted by Gasteiger charge is 2.58. The summed E-state index contributed by atoms with van der Waals surface area (Å²) in [5.74, 6) is -1.52. The number of fused-ring (bicyclic) bond motifs is 2. The van der Waals surface area contributed by atoms with Crippen LogP contribution in [0.3, 0.4) is 0 Å². The highest BCUT2D eigenvalue weighted by molar-refractivity contribution is 6.05. The molecule has 2 aliphatic heterocycles. The van der Waals surface area contributed by atoms with Crippen molar-refractivity contribution in [3.63, 3.8) is 0 Å². The first-order valence-electron chi connectivity index (χ1n) is 10.5. The molecule has 0 radical (unpaired) electrons. The van der Waals surface area contributed by atoms with E-state index in [4.69, 9.17) is 9.47 Å². The third-order valence-corrected chi connectivity index (χ3v) is 5.97. The molecule has 9 nitrogen and oxygen atoms in total. The smallest absolute Gasteiger partial charge is 0.305 e. The quantitative estimate of drug-likeness (QED) is 0.115. The number of epoxide rings is 1. The average molecular weight is 420 g/mol. The van der Waals surface area contributed by atoms with Crippen molar-refractivity contribution in [3.05, 3.63) is 12.7 Å². The summed E-state index contributed by atoms with van der Waals surface area (Å²) in [4.78, 5) is 61.2. The SMILES string of the molecule is C=CC(=O)N(C=O)CCCCCC(=O)OCCCN1C(=O)C2CC3OC3C[C@@H]2C1=O. The van der Waals surface area contributed by atoms with Gasteiger partial charge in [0.05, 0.1) is 30.7 Å². The van der Waals surface area contributed by atoms with Crippen LogP contribution in [0.5, 0.6) is 0 Å². The van der Waals surface area contributed by atoms with Crippen LogP contribution in [0, 0.1) is 11.8 Å². The molecule has 9 heteroatoms. The van der Waals surface area contributed by atoms with Crippen molar-refractivity contribution in [3.8, 4) is 0 Å².